The monoisotopic (exact) mass is 296 g/mol. The second kappa shape index (κ2) is 6.20. The summed E-state index contributed by atoms with van der Waals surface area (Å²) in [7, 11) is 0. The third-order valence-corrected chi connectivity index (χ3v) is 4.39. The van der Waals surface area contributed by atoms with Gasteiger partial charge >= 0.3 is 0 Å². The molecule has 3 rings (SSSR count). The lowest BCUT2D eigenvalue weighted by molar-refractivity contribution is 0.630. The van der Waals surface area contributed by atoms with E-state index in [0.29, 0.717) is 12.5 Å². The Hall–Kier alpha value is -1.98. The van der Waals surface area contributed by atoms with Crippen LogP contribution in [-0.2, 0) is 6.42 Å². The summed E-state index contributed by atoms with van der Waals surface area (Å²) in [5.41, 5.74) is 3.84. The van der Waals surface area contributed by atoms with E-state index >= 15 is 0 Å². The van der Waals surface area contributed by atoms with Crippen molar-refractivity contribution in [1.29, 1.82) is 5.26 Å². The van der Waals surface area contributed by atoms with E-state index in [9.17, 15) is 0 Å². The Morgan fingerprint density at radius 2 is 1.90 bits per heavy atom. The van der Waals surface area contributed by atoms with Crippen LogP contribution in [0.3, 0.4) is 0 Å². The van der Waals surface area contributed by atoms with E-state index in [1.54, 1.807) is 0 Å². The molecule has 0 amide bonds. The fourth-order valence-electron chi connectivity index (χ4n) is 3.06. The third-order valence-electron chi connectivity index (χ3n) is 4.14. The van der Waals surface area contributed by atoms with Crippen LogP contribution >= 0.6 is 11.6 Å². The lowest BCUT2D eigenvalue weighted by Gasteiger charge is -2.25. The number of rotatable bonds is 2. The SMILES string of the molecule is N#CCN1C[C@@H](c2ccc(Cl)cc2)CCc2ccccc21. The lowest BCUT2D eigenvalue weighted by atomic mass is 9.93. The highest BCUT2D eigenvalue weighted by atomic mass is 35.5. The molecule has 0 fully saturated rings. The molecule has 2 aromatic carbocycles. The molecule has 3 heteroatoms. The van der Waals surface area contributed by atoms with E-state index in [4.69, 9.17) is 16.9 Å². The minimum atomic E-state index is 0.432. The topological polar surface area (TPSA) is 27.0 Å². The minimum Gasteiger partial charge on any atom is -0.357 e. The molecule has 1 atom stereocenters. The van der Waals surface area contributed by atoms with Crippen LogP contribution in [0.15, 0.2) is 48.5 Å². The number of nitriles is 1. The maximum atomic E-state index is 9.12. The number of benzene rings is 2. The Labute approximate surface area is 130 Å². The zero-order chi connectivity index (χ0) is 14.7. The first-order chi connectivity index (χ1) is 10.3. The van der Waals surface area contributed by atoms with Crippen LogP contribution in [0.25, 0.3) is 0 Å². The van der Waals surface area contributed by atoms with Crippen molar-refractivity contribution in [3.8, 4) is 6.07 Å². The van der Waals surface area contributed by atoms with Crippen molar-refractivity contribution in [2.24, 2.45) is 0 Å². The zero-order valence-corrected chi connectivity index (χ0v) is 12.6. The highest BCUT2D eigenvalue weighted by Gasteiger charge is 2.22. The average molecular weight is 297 g/mol. The molecule has 21 heavy (non-hydrogen) atoms. The highest BCUT2D eigenvalue weighted by Crippen LogP contribution is 2.33. The van der Waals surface area contributed by atoms with Crippen LogP contribution in [-0.4, -0.2) is 13.1 Å². The Morgan fingerprint density at radius 1 is 1.14 bits per heavy atom. The third kappa shape index (κ3) is 3.04. The molecule has 0 radical (unpaired) electrons. The molecule has 1 aliphatic heterocycles. The predicted octanol–water partition coefficient (Wildman–Crippen LogP) is 4.40. The Balaban J connectivity index is 1.91. The summed E-state index contributed by atoms with van der Waals surface area (Å²) < 4.78 is 0. The largest absolute Gasteiger partial charge is 0.357 e. The van der Waals surface area contributed by atoms with E-state index in [-0.39, 0.29) is 0 Å². The molecule has 0 saturated carbocycles. The standard InChI is InChI=1S/C18H17ClN2/c19-17-9-7-14(8-10-17)16-6-5-15-3-1-2-4-18(15)21(13-16)12-11-20/h1-4,7-10,16H,5-6,12-13H2/t16-/m0/s1. The van der Waals surface area contributed by atoms with Gasteiger partial charge in [0.1, 0.15) is 6.54 Å². The molecular weight excluding hydrogens is 280 g/mol. The summed E-state index contributed by atoms with van der Waals surface area (Å²) in [5, 5.41) is 9.89. The maximum absolute atomic E-state index is 9.12. The first-order valence-electron chi connectivity index (χ1n) is 7.23. The lowest BCUT2D eigenvalue weighted by Crippen LogP contribution is -2.28. The predicted molar refractivity (Wildman–Crippen MR) is 86.8 cm³/mol. The Kier molecular flexibility index (Phi) is 4.13. The van der Waals surface area contributed by atoms with Gasteiger partial charge in [-0.3, -0.25) is 0 Å². The normalized spacial score (nSPS) is 17.7. The molecule has 0 saturated heterocycles. The van der Waals surface area contributed by atoms with Gasteiger partial charge in [-0.25, -0.2) is 0 Å². The molecule has 0 aliphatic carbocycles. The fourth-order valence-corrected chi connectivity index (χ4v) is 3.18. The van der Waals surface area contributed by atoms with Crippen molar-refractivity contribution in [3.05, 3.63) is 64.7 Å². The molecular formula is C18H17ClN2. The molecule has 2 aromatic rings. The van der Waals surface area contributed by atoms with E-state index in [2.05, 4.69) is 41.3 Å². The van der Waals surface area contributed by atoms with Gasteiger partial charge in [0, 0.05) is 23.2 Å². The zero-order valence-electron chi connectivity index (χ0n) is 11.8. The van der Waals surface area contributed by atoms with Gasteiger partial charge in [0.15, 0.2) is 0 Å². The summed E-state index contributed by atoms with van der Waals surface area (Å²) >= 11 is 5.98. The van der Waals surface area contributed by atoms with Crippen molar-refractivity contribution in [2.75, 3.05) is 18.0 Å². The van der Waals surface area contributed by atoms with Crippen LogP contribution in [0.4, 0.5) is 5.69 Å². The first kappa shape index (κ1) is 14.0. The molecule has 0 bridgehead atoms. The number of hydrogen-bond acceptors (Lipinski definition) is 2. The molecule has 0 unspecified atom stereocenters. The van der Waals surface area contributed by atoms with E-state index in [0.717, 1.165) is 24.4 Å². The van der Waals surface area contributed by atoms with Crippen LogP contribution in [0.2, 0.25) is 5.02 Å². The number of hydrogen-bond donors (Lipinski definition) is 0. The minimum absolute atomic E-state index is 0.432. The van der Waals surface area contributed by atoms with Gasteiger partial charge in [-0.2, -0.15) is 5.26 Å². The summed E-state index contributed by atoms with van der Waals surface area (Å²) in [5.74, 6) is 0.433. The van der Waals surface area contributed by atoms with Gasteiger partial charge in [0.05, 0.1) is 6.07 Å². The molecule has 1 aliphatic rings. The smallest absolute Gasteiger partial charge is 0.105 e. The molecule has 0 spiro atoms. The second-order valence-corrected chi connectivity index (χ2v) is 5.89. The van der Waals surface area contributed by atoms with Gasteiger partial charge in [0.2, 0.25) is 0 Å². The van der Waals surface area contributed by atoms with Gasteiger partial charge in [-0.1, -0.05) is 41.9 Å². The number of fused-ring (bicyclic) bond motifs is 1. The first-order valence-corrected chi connectivity index (χ1v) is 7.61. The average Bonchev–Trinajstić information content (AvgIpc) is 2.69. The van der Waals surface area contributed by atoms with Gasteiger partial charge in [-0.05, 0) is 42.2 Å². The summed E-state index contributed by atoms with van der Waals surface area (Å²) in [6, 6.07) is 18.8. The second-order valence-electron chi connectivity index (χ2n) is 5.45. The summed E-state index contributed by atoms with van der Waals surface area (Å²) in [6.07, 6.45) is 2.14. The quantitative estimate of drug-likeness (QED) is 0.768. The highest BCUT2D eigenvalue weighted by molar-refractivity contribution is 6.30. The van der Waals surface area contributed by atoms with Gasteiger partial charge < -0.3 is 4.90 Å². The maximum Gasteiger partial charge on any atom is 0.105 e. The Bertz CT molecular complexity index is 658. The number of anilines is 1. The fraction of sp³-hybridized carbons (Fsp3) is 0.278. The summed E-state index contributed by atoms with van der Waals surface area (Å²) in [6.45, 7) is 1.31. The van der Waals surface area contributed by atoms with Crippen molar-refractivity contribution < 1.29 is 0 Å². The van der Waals surface area contributed by atoms with Gasteiger partial charge in [0.25, 0.3) is 0 Å². The number of para-hydroxylation sites is 1. The molecule has 0 N–H and O–H groups in total. The van der Waals surface area contributed by atoms with Crippen LogP contribution in [0.5, 0.6) is 0 Å². The van der Waals surface area contributed by atoms with Crippen LogP contribution in [0, 0.1) is 11.3 Å². The summed E-state index contributed by atoms with van der Waals surface area (Å²) in [4.78, 5) is 2.20. The molecule has 1 heterocycles. The van der Waals surface area contributed by atoms with Crippen molar-refractivity contribution in [1.82, 2.24) is 0 Å². The van der Waals surface area contributed by atoms with Crippen molar-refractivity contribution in [2.45, 2.75) is 18.8 Å². The van der Waals surface area contributed by atoms with Crippen LogP contribution < -0.4 is 4.90 Å². The van der Waals surface area contributed by atoms with Crippen molar-refractivity contribution >= 4 is 17.3 Å². The molecule has 0 aromatic heterocycles. The number of halogens is 1. The molecule has 106 valence electrons. The van der Waals surface area contributed by atoms with Crippen molar-refractivity contribution in [3.63, 3.8) is 0 Å². The van der Waals surface area contributed by atoms with Crippen LogP contribution in [0.1, 0.15) is 23.5 Å². The molecule has 2 nitrogen and oxygen atoms in total. The number of aryl methyl sites for hydroxylation is 1. The van der Waals surface area contributed by atoms with E-state index in [1.165, 1.54) is 16.8 Å². The van der Waals surface area contributed by atoms with Gasteiger partial charge in [-0.15, -0.1) is 0 Å². The Morgan fingerprint density at radius 3 is 2.67 bits per heavy atom. The van der Waals surface area contributed by atoms with E-state index in [1.807, 2.05) is 18.2 Å². The van der Waals surface area contributed by atoms with E-state index < -0.39 is 0 Å². The number of nitrogens with zero attached hydrogens (tertiary/aromatic N) is 2.